The highest BCUT2D eigenvalue weighted by Gasteiger charge is 2.39. The van der Waals surface area contributed by atoms with E-state index >= 15 is 0 Å². The summed E-state index contributed by atoms with van der Waals surface area (Å²) in [6, 6.07) is 9.12. The normalized spacial score (nSPS) is 23.8. The number of aromatic nitrogens is 1. The van der Waals surface area contributed by atoms with Gasteiger partial charge < -0.3 is 15.4 Å². The average Bonchev–Trinajstić information content (AvgIpc) is 2.77. The molecule has 3 heterocycles. The Morgan fingerprint density at radius 1 is 1.09 bits per heavy atom. The second kappa shape index (κ2) is 5.25. The quantitative estimate of drug-likeness (QED) is 0.926. The summed E-state index contributed by atoms with van der Waals surface area (Å²) >= 11 is 0. The second-order valence-electron chi connectivity index (χ2n) is 5.91. The summed E-state index contributed by atoms with van der Waals surface area (Å²) < 4.78 is 19.7. The first kappa shape index (κ1) is 13.5. The number of benzene rings is 1. The van der Waals surface area contributed by atoms with Crippen LogP contribution in [0.4, 0.5) is 15.9 Å². The number of fused-ring (bicyclic) bond motifs is 2. The number of nitrogens with zero attached hydrogens (tertiary/aromatic N) is 2. The van der Waals surface area contributed by atoms with Gasteiger partial charge >= 0.3 is 0 Å². The molecule has 1 aromatic carbocycles. The van der Waals surface area contributed by atoms with Gasteiger partial charge in [-0.15, -0.1) is 0 Å². The van der Waals surface area contributed by atoms with Crippen molar-refractivity contribution in [2.75, 3.05) is 23.8 Å². The monoisotopic (exact) mass is 299 g/mol. The zero-order chi connectivity index (χ0) is 15.1. The van der Waals surface area contributed by atoms with Crippen molar-refractivity contribution in [3.63, 3.8) is 0 Å². The van der Waals surface area contributed by atoms with Crippen molar-refractivity contribution in [3.8, 4) is 11.1 Å². The van der Waals surface area contributed by atoms with Crippen LogP contribution in [-0.2, 0) is 4.74 Å². The fraction of sp³-hybridized carbons (Fsp3) is 0.353. The van der Waals surface area contributed by atoms with Gasteiger partial charge in [0.15, 0.2) is 5.82 Å². The molecule has 0 spiro atoms. The molecule has 2 fully saturated rings. The molecule has 4 nitrogen and oxygen atoms in total. The van der Waals surface area contributed by atoms with E-state index in [9.17, 15) is 4.39 Å². The summed E-state index contributed by atoms with van der Waals surface area (Å²) in [6.07, 6.45) is 3.90. The van der Waals surface area contributed by atoms with E-state index < -0.39 is 0 Å². The largest absolute Gasteiger partial charge is 0.395 e. The zero-order valence-corrected chi connectivity index (χ0v) is 12.2. The standard InChI is InChI=1S/C17H18FN3O/c18-15-4-2-1-3-13(15)14-7-8-20-17(16(14)19)21-11-5-6-12(21)10-22-9-11/h1-4,7-8,11-12H,5-6,9-10,19H2. The third kappa shape index (κ3) is 2.04. The Labute approximate surface area is 128 Å². The van der Waals surface area contributed by atoms with E-state index in [0.29, 0.717) is 42.1 Å². The van der Waals surface area contributed by atoms with E-state index in [1.54, 1.807) is 24.4 Å². The molecule has 2 unspecified atom stereocenters. The van der Waals surface area contributed by atoms with Crippen LogP contribution in [0.5, 0.6) is 0 Å². The number of hydrogen-bond acceptors (Lipinski definition) is 4. The minimum absolute atomic E-state index is 0.267. The van der Waals surface area contributed by atoms with Crippen molar-refractivity contribution >= 4 is 11.5 Å². The van der Waals surface area contributed by atoms with Crippen LogP contribution in [0.2, 0.25) is 0 Å². The molecule has 0 saturated carbocycles. The number of halogens is 1. The van der Waals surface area contributed by atoms with Crippen LogP contribution in [0.15, 0.2) is 36.5 Å². The number of pyridine rings is 1. The van der Waals surface area contributed by atoms with Gasteiger partial charge in [-0.3, -0.25) is 0 Å². The van der Waals surface area contributed by atoms with Crippen molar-refractivity contribution in [2.24, 2.45) is 0 Å². The van der Waals surface area contributed by atoms with Crippen LogP contribution in [0.25, 0.3) is 11.1 Å². The van der Waals surface area contributed by atoms with Gasteiger partial charge in [-0.1, -0.05) is 18.2 Å². The lowest BCUT2D eigenvalue weighted by Crippen LogP contribution is -2.46. The highest BCUT2D eigenvalue weighted by Crippen LogP contribution is 2.39. The van der Waals surface area contributed by atoms with Gasteiger partial charge in [-0.05, 0) is 25.0 Å². The summed E-state index contributed by atoms with van der Waals surface area (Å²) in [7, 11) is 0. The molecule has 2 aliphatic heterocycles. The van der Waals surface area contributed by atoms with Crippen LogP contribution in [0.1, 0.15) is 12.8 Å². The van der Waals surface area contributed by atoms with Gasteiger partial charge in [0.1, 0.15) is 5.82 Å². The molecule has 2 aliphatic rings. The molecule has 0 amide bonds. The Morgan fingerprint density at radius 3 is 2.55 bits per heavy atom. The first-order valence-corrected chi connectivity index (χ1v) is 7.61. The minimum atomic E-state index is -0.267. The molecule has 114 valence electrons. The first-order chi connectivity index (χ1) is 10.8. The van der Waals surface area contributed by atoms with Crippen LogP contribution >= 0.6 is 0 Å². The van der Waals surface area contributed by atoms with Crippen molar-refractivity contribution < 1.29 is 9.13 Å². The molecular formula is C17H18FN3O. The molecule has 22 heavy (non-hydrogen) atoms. The Morgan fingerprint density at radius 2 is 1.82 bits per heavy atom. The number of hydrogen-bond donors (Lipinski definition) is 1. The van der Waals surface area contributed by atoms with Crippen LogP contribution in [0.3, 0.4) is 0 Å². The third-order valence-electron chi connectivity index (χ3n) is 4.62. The number of nitrogen functional groups attached to an aromatic ring is 1. The highest BCUT2D eigenvalue weighted by molar-refractivity contribution is 5.84. The molecule has 2 aromatic rings. The van der Waals surface area contributed by atoms with Gasteiger partial charge in [0.2, 0.25) is 0 Å². The molecule has 0 radical (unpaired) electrons. The molecule has 2 N–H and O–H groups in total. The Bertz CT molecular complexity index is 690. The predicted molar refractivity (Wildman–Crippen MR) is 84.2 cm³/mol. The summed E-state index contributed by atoms with van der Waals surface area (Å²) in [5.41, 5.74) is 8.12. The fourth-order valence-electron chi connectivity index (χ4n) is 3.56. The van der Waals surface area contributed by atoms with E-state index in [2.05, 4.69) is 9.88 Å². The van der Waals surface area contributed by atoms with Gasteiger partial charge in [-0.2, -0.15) is 0 Å². The molecule has 2 bridgehead atoms. The SMILES string of the molecule is Nc1c(-c2ccccc2F)ccnc1N1C2CCC1COC2. The molecule has 1 aromatic heterocycles. The maximum atomic E-state index is 14.1. The minimum Gasteiger partial charge on any atom is -0.395 e. The van der Waals surface area contributed by atoms with Crippen LogP contribution < -0.4 is 10.6 Å². The molecule has 2 atom stereocenters. The Hall–Kier alpha value is -2.14. The van der Waals surface area contributed by atoms with Crippen molar-refractivity contribution in [1.82, 2.24) is 4.98 Å². The Balaban J connectivity index is 1.80. The number of anilines is 2. The van der Waals surface area contributed by atoms with Gasteiger partial charge in [0, 0.05) is 17.3 Å². The average molecular weight is 299 g/mol. The predicted octanol–water partition coefficient (Wildman–Crippen LogP) is 2.84. The number of morpholine rings is 1. The van der Waals surface area contributed by atoms with Crippen molar-refractivity contribution in [2.45, 2.75) is 24.9 Å². The summed E-state index contributed by atoms with van der Waals surface area (Å²) in [5.74, 6) is 0.493. The van der Waals surface area contributed by atoms with E-state index in [1.165, 1.54) is 6.07 Å². The van der Waals surface area contributed by atoms with Crippen LogP contribution in [0, 0.1) is 5.82 Å². The molecular weight excluding hydrogens is 281 g/mol. The summed E-state index contributed by atoms with van der Waals surface area (Å²) in [4.78, 5) is 6.75. The van der Waals surface area contributed by atoms with Gasteiger partial charge in [0.25, 0.3) is 0 Å². The maximum absolute atomic E-state index is 14.1. The van der Waals surface area contributed by atoms with E-state index in [1.807, 2.05) is 6.07 Å². The van der Waals surface area contributed by atoms with Crippen LogP contribution in [-0.4, -0.2) is 30.3 Å². The summed E-state index contributed by atoms with van der Waals surface area (Å²) in [5, 5.41) is 0. The van der Waals surface area contributed by atoms with Crippen molar-refractivity contribution in [3.05, 3.63) is 42.3 Å². The number of ether oxygens (including phenoxy) is 1. The van der Waals surface area contributed by atoms with Gasteiger partial charge in [-0.25, -0.2) is 9.37 Å². The Kier molecular flexibility index (Phi) is 3.22. The van der Waals surface area contributed by atoms with Gasteiger partial charge in [0.05, 0.1) is 31.0 Å². The molecule has 4 rings (SSSR count). The topological polar surface area (TPSA) is 51.4 Å². The fourth-order valence-corrected chi connectivity index (χ4v) is 3.56. The first-order valence-electron chi connectivity index (χ1n) is 7.61. The smallest absolute Gasteiger partial charge is 0.153 e. The second-order valence-corrected chi connectivity index (χ2v) is 5.91. The lowest BCUT2D eigenvalue weighted by Gasteiger charge is -2.36. The molecule has 0 aliphatic carbocycles. The summed E-state index contributed by atoms with van der Waals surface area (Å²) in [6.45, 7) is 1.42. The van der Waals surface area contributed by atoms with E-state index in [4.69, 9.17) is 10.5 Å². The lowest BCUT2D eigenvalue weighted by atomic mass is 10.0. The molecule has 5 heteroatoms. The molecule has 2 saturated heterocycles. The maximum Gasteiger partial charge on any atom is 0.153 e. The van der Waals surface area contributed by atoms with E-state index in [0.717, 1.165) is 18.7 Å². The zero-order valence-electron chi connectivity index (χ0n) is 12.2. The van der Waals surface area contributed by atoms with E-state index in [-0.39, 0.29) is 5.82 Å². The highest BCUT2D eigenvalue weighted by atomic mass is 19.1. The number of rotatable bonds is 2. The number of nitrogens with two attached hydrogens (primary N) is 1. The third-order valence-corrected chi connectivity index (χ3v) is 4.62. The van der Waals surface area contributed by atoms with Crippen molar-refractivity contribution in [1.29, 1.82) is 0 Å². The lowest BCUT2D eigenvalue weighted by molar-refractivity contribution is 0.0903.